The van der Waals surface area contributed by atoms with E-state index in [1.807, 2.05) is 6.92 Å². The number of benzene rings is 1. The lowest BCUT2D eigenvalue weighted by Crippen LogP contribution is -2.15. The van der Waals surface area contributed by atoms with Crippen LogP contribution in [0.25, 0.3) is 5.65 Å². The highest BCUT2D eigenvalue weighted by molar-refractivity contribution is 5.88. The molecule has 0 saturated heterocycles. The van der Waals surface area contributed by atoms with Crippen molar-refractivity contribution in [3.05, 3.63) is 71.1 Å². The van der Waals surface area contributed by atoms with Crippen LogP contribution in [0.3, 0.4) is 0 Å². The Morgan fingerprint density at radius 1 is 1.24 bits per heavy atom. The van der Waals surface area contributed by atoms with Gasteiger partial charge in [0.1, 0.15) is 23.3 Å². The predicted molar refractivity (Wildman–Crippen MR) is 102 cm³/mol. The molecule has 10 heteroatoms. The second-order valence-corrected chi connectivity index (χ2v) is 6.35. The third-order valence-electron chi connectivity index (χ3n) is 4.33. The van der Waals surface area contributed by atoms with Crippen molar-refractivity contribution in [1.82, 2.24) is 24.6 Å². The van der Waals surface area contributed by atoms with Crippen molar-refractivity contribution in [3.63, 3.8) is 0 Å². The number of aromatic amines is 1. The van der Waals surface area contributed by atoms with Gasteiger partial charge in [-0.25, -0.2) is 14.2 Å². The molecule has 3 N–H and O–H groups in total. The van der Waals surface area contributed by atoms with Gasteiger partial charge in [0, 0.05) is 18.9 Å². The lowest BCUT2D eigenvalue weighted by atomic mass is 10.1. The number of hydrogen-bond acceptors (Lipinski definition) is 6. The molecule has 0 aliphatic rings. The average Bonchev–Trinajstić information content (AvgIpc) is 3.30. The number of aromatic nitrogens is 5. The van der Waals surface area contributed by atoms with E-state index in [9.17, 15) is 14.3 Å². The average molecular weight is 396 g/mol. The molecule has 0 amide bonds. The minimum atomic E-state index is -1.12. The lowest BCUT2D eigenvalue weighted by Gasteiger charge is -2.17. The summed E-state index contributed by atoms with van der Waals surface area (Å²) < 4.78 is 20.2. The number of carbonyl (C=O) groups is 1. The zero-order valence-corrected chi connectivity index (χ0v) is 15.5. The van der Waals surface area contributed by atoms with Crippen LogP contribution in [-0.4, -0.2) is 42.8 Å². The molecule has 0 aliphatic carbocycles. The number of methoxy groups -OCH3 is 1. The summed E-state index contributed by atoms with van der Waals surface area (Å²) >= 11 is 0. The van der Waals surface area contributed by atoms with Gasteiger partial charge in [-0.3, -0.25) is 9.50 Å². The van der Waals surface area contributed by atoms with E-state index in [1.165, 1.54) is 29.7 Å². The number of fused-ring (bicyclic) bond motifs is 1. The van der Waals surface area contributed by atoms with Crippen LogP contribution in [0.2, 0.25) is 0 Å². The Kier molecular flexibility index (Phi) is 4.69. The first kappa shape index (κ1) is 18.6. The lowest BCUT2D eigenvalue weighted by molar-refractivity contribution is 0.0689. The summed E-state index contributed by atoms with van der Waals surface area (Å²) in [5.74, 6) is -0.521. The van der Waals surface area contributed by atoms with Gasteiger partial charge in [0.15, 0.2) is 11.6 Å². The standard InChI is InChI=1S/C19H17FN6O3/c1-10-9-14(25-24-10)21-19-23-17(16(29-2)11-3-5-12(20)6-4-11)22-15-8-7-13(18(27)28)26(15)19/h3-9,16H,1-2H3,(H,27,28)(H2,21,22,23,24,25). The molecule has 0 radical (unpaired) electrons. The maximum Gasteiger partial charge on any atom is 0.353 e. The Hall–Kier alpha value is -3.79. The smallest absolute Gasteiger partial charge is 0.353 e. The van der Waals surface area contributed by atoms with Crippen LogP contribution < -0.4 is 5.32 Å². The Morgan fingerprint density at radius 3 is 2.62 bits per heavy atom. The van der Waals surface area contributed by atoms with Gasteiger partial charge < -0.3 is 15.2 Å². The number of nitrogens with one attached hydrogen (secondary N) is 2. The number of hydrogen-bond donors (Lipinski definition) is 3. The van der Waals surface area contributed by atoms with Crippen molar-refractivity contribution in [2.75, 3.05) is 12.4 Å². The fraction of sp³-hybridized carbons (Fsp3) is 0.158. The van der Waals surface area contributed by atoms with E-state index in [1.54, 1.807) is 24.3 Å². The summed E-state index contributed by atoms with van der Waals surface area (Å²) in [7, 11) is 1.49. The normalized spacial score (nSPS) is 12.2. The fourth-order valence-corrected chi connectivity index (χ4v) is 3.03. The monoisotopic (exact) mass is 396 g/mol. The van der Waals surface area contributed by atoms with E-state index in [2.05, 4.69) is 25.5 Å². The molecule has 1 unspecified atom stereocenters. The topological polar surface area (TPSA) is 117 Å². The molecule has 3 aromatic heterocycles. The summed E-state index contributed by atoms with van der Waals surface area (Å²) in [5.41, 5.74) is 1.85. The Balaban J connectivity index is 1.86. The second-order valence-electron chi connectivity index (χ2n) is 6.35. The summed E-state index contributed by atoms with van der Waals surface area (Å²) in [5, 5.41) is 19.4. The molecule has 0 aliphatic heterocycles. The van der Waals surface area contributed by atoms with Gasteiger partial charge >= 0.3 is 5.97 Å². The molecule has 0 fully saturated rings. The van der Waals surface area contributed by atoms with Crippen LogP contribution in [0.1, 0.15) is 33.7 Å². The van der Waals surface area contributed by atoms with Gasteiger partial charge in [-0.1, -0.05) is 12.1 Å². The maximum atomic E-state index is 13.3. The van der Waals surface area contributed by atoms with Crippen LogP contribution in [0, 0.1) is 12.7 Å². The zero-order valence-electron chi connectivity index (χ0n) is 15.5. The van der Waals surface area contributed by atoms with Gasteiger partial charge in [-0.05, 0) is 36.8 Å². The van der Waals surface area contributed by atoms with Crippen LogP contribution in [0.15, 0.2) is 42.5 Å². The summed E-state index contributed by atoms with van der Waals surface area (Å²) in [6, 6.07) is 10.6. The van der Waals surface area contributed by atoms with Gasteiger partial charge in [0.2, 0.25) is 5.95 Å². The molecule has 3 heterocycles. The van der Waals surface area contributed by atoms with E-state index in [0.717, 1.165) is 5.69 Å². The highest BCUT2D eigenvalue weighted by atomic mass is 19.1. The van der Waals surface area contributed by atoms with Crippen LogP contribution in [0.4, 0.5) is 16.2 Å². The number of H-pyrrole nitrogens is 1. The maximum absolute atomic E-state index is 13.3. The minimum absolute atomic E-state index is 0.00273. The molecule has 4 aromatic rings. The molecule has 148 valence electrons. The Labute approximate surface area is 164 Å². The van der Waals surface area contributed by atoms with Crippen LogP contribution in [-0.2, 0) is 4.74 Å². The zero-order chi connectivity index (χ0) is 20.5. The van der Waals surface area contributed by atoms with Crippen molar-refractivity contribution >= 4 is 23.4 Å². The molecule has 0 bridgehead atoms. The number of aryl methyl sites for hydroxylation is 1. The third-order valence-corrected chi connectivity index (χ3v) is 4.33. The largest absolute Gasteiger partial charge is 0.477 e. The molecule has 0 saturated carbocycles. The number of carboxylic acids is 1. The molecule has 9 nitrogen and oxygen atoms in total. The van der Waals surface area contributed by atoms with Gasteiger partial charge in [0.25, 0.3) is 0 Å². The number of aromatic carboxylic acids is 1. The van der Waals surface area contributed by atoms with Gasteiger partial charge in [-0.2, -0.15) is 10.1 Å². The predicted octanol–water partition coefficient (Wildman–Crippen LogP) is 3.08. The van der Waals surface area contributed by atoms with E-state index in [4.69, 9.17) is 4.74 Å². The number of rotatable bonds is 6. The highest BCUT2D eigenvalue weighted by Crippen LogP contribution is 2.26. The first-order valence-electron chi connectivity index (χ1n) is 8.66. The van der Waals surface area contributed by atoms with Crippen molar-refractivity contribution in [2.24, 2.45) is 0 Å². The van der Waals surface area contributed by atoms with Crippen LogP contribution in [0.5, 0.6) is 0 Å². The number of ether oxygens (including phenoxy) is 1. The molecule has 29 heavy (non-hydrogen) atoms. The molecule has 1 aromatic carbocycles. The molecule has 0 spiro atoms. The van der Waals surface area contributed by atoms with Gasteiger partial charge in [-0.15, -0.1) is 0 Å². The number of nitrogens with zero attached hydrogens (tertiary/aromatic N) is 4. The first-order chi connectivity index (χ1) is 14.0. The van der Waals surface area contributed by atoms with Crippen molar-refractivity contribution in [1.29, 1.82) is 0 Å². The first-order valence-corrected chi connectivity index (χ1v) is 8.66. The molecule has 1 atom stereocenters. The number of halogens is 1. The Morgan fingerprint density at radius 2 is 2.00 bits per heavy atom. The SMILES string of the molecule is COC(c1ccc(F)cc1)c1nc(Nc2cc(C)[nH]n2)n2c(C(=O)O)ccc2n1. The third kappa shape index (κ3) is 3.52. The van der Waals surface area contributed by atoms with Crippen molar-refractivity contribution < 1.29 is 19.0 Å². The summed E-state index contributed by atoms with van der Waals surface area (Å²) in [6.07, 6.45) is -0.676. The highest BCUT2D eigenvalue weighted by Gasteiger charge is 2.22. The van der Waals surface area contributed by atoms with Crippen molar-refractivity contribution in [2.45, 2.75) is 13.0 Å². The second kappa shape index (κ2) is 7.32. The van der Waals surface area contributed by atoms with E-state index >= 15 is 0 Å². The quantitative estimate of drug-likeness (QED) is 0.458. The number of anilines is 2. The van der Waals surface area contributed by atoms with E-state index in [-0.39, 0.29) is 23.3 Å². The van der Waals surface area contributed by atoms with E-state index in [0.29, 0.717) is 17.0 Å². The van der Waals surface area contributed by atoms with E-state index < -0.39 is 12.1 Å². The molecule has 4 rings (SSSR count). The fourth-order valence-electron chi connectivity index (χ4n) is 3.03. The minimum Gasteiger partial charge on any atom is -0.477 e. The molecular formula is C19H17FN6O3. The summed E-state index contributed by atoms with van der Waals surface area (Å²) in [4.78, 5) is 20.6. The molecular weight excluding hydrogens is 379 g/mol. The van der Waals surface area contributed by atoms with Crippen LogP contribution >= 0.6 is 0 Å². The number of carboxylic acid groups (broad SMARTS) is 1. The Bertz CT molecular complexity index is 1180. The summed E-state index contributed by atoms with van der Waals surface area (Å²) in [6.45, 7) is 1.84. The van der Waals surface area contributed by atoms with Gasteiger partial charge in [0.05, 0.1) is 0 Å². The van der Waals surface area contributed by atoms with Crippen molar-refractivity contribution in [3.8, 4) is 0 Å².